The van der Waals surface area contributed by atoms with E-state index in [4.69, 9.17) is 5.73 Å². The summed E-state index contributed by atoms with van der Waals surface area (Å²) in [6, 6.07) is 2.00. The van der Waals surface area contributed by atoms with E-state index in [1.807, 2.05) is 24.6 Å². The summed E-state index contributed by atoms with van der Waals surface area (Å²) in [5.41, 5.74) is 6.65. The van der Waals surface area contributed by atoms with Crippen molar-refractivity contribution in [3.05, 3.63) is 23.3 Å². The van der Waals surface area contributed by atoms with Gasteiger partial charge in [-0.25, -0.2) is 9.97 Å². The molecule has 2 aromatic rings. The molecule has 2 aromatic heterocycles. The molecule has 0 radical (unpaired) electrons. The standard InChI is InChI=1S/C13H18N6S/c1-10-9-11(17-12(14)16-10)18-4-2-5-19(7-6-18)13-15-3-8-20-13/h3,8-9H,2,4-7H2,1H3,(H2,14,16,17). The minimum Gasteiger partial charge on any atom is -0.368 e. The lowest BCUT2D eigenvalue weighted by Crippen LogP contribution is -2.31. The zero-order valence-electron chi connectivity index (χ0n) is 11.5. The Bertz CT molecular complexity index is 550. The van der Waals surface area contributed by atoms with Gasteiger partial charge in [0.05, 0.1) is 0 Å². The molecule has 0 spiro atoms. The maximum absolute atomic E-state index is 5.74. The summed E-state index contributed by atoms with van der Waals surface area (Å²) < 4.78 is 0. The molecule has 2 N–H and O–H groups in total. The second-order valence-electron chi connectivity index (χ2n) is 4.87. The molecule has 0 saturated carbocycles. The van der Waals surface area contributed by atoms with Gasteiger partial charge >= 0.3 is 0 Å². The van der Waals surface area contributed by atoms with Crippen molar-refractivity contribution in [1.82, 2.24) is 15.0 Å². The van der Waals surface area contributed by atoms with Crippen LogP contribution in [0, 0.1) is 6.92 Å². The molecule has 1 fully saturated rings. The van der Waals surface area contributed by atoms with Crippen LogP contribution in [0.15, 0.2) is 17.6 Å². The number of thiazole rings is 1. The molecule has 7 heteroatoms. The fraction of sp³-hybridized carbons (Fsp3) is 0.462. The molecular weight excluding hydrogens is 272 g/mol. The van der Waals surface area contributed by atoms with Gasteiger partial charge in [-0.05, 0) is 13.3 Å². The van der Waals surface area contributed by atoms with Gasteiger partial charge in [-0.1, -0.05) is 0 Å². The normalized spacial score (nSPS) is 16.2. The van der Waals surface area contributed by atoms with Crippen LogP contribution in [0.3, 0.4) is 0 Å². The molecule has 0 atom stereocenters. The molecule has 3 rings (SSSR count). The second kappa shape index (κ2) is 5.62. The minimum absolute atomic E-state index is 0.348. The van der Waals surface area contributed by atoms with Crippen LogP contribution >= 0.6 is 11.3 Å². The number of nitrogen functional groups attached to an aromatic ring is 1. The van der Waals surface area contributed by atoms with Gasteiger partial charge in [-0.15, -0.1) is 11.3 Å². The largest absolute Gasteiger partial charge is 0.368 e. The molecule has 3 heterocycles. The molecule has 1 aliphatic heterocycles. The molecule has 6 nitrogen and oxygen atoms in total. The number of hydrogen-bond donors (Lipinski definition) is 1. The molecular formula is C13H18N6S. The highest BCUT2D eigenvalue weighted by Crippen LogP contribution is 2.21. The van der Waals surface area contributed by atoms with Crippen LogP contribution in [0.4, 0.5) is 16.9 Å². The third-order valence-electron chi connectivity index (χ3n) is 3.37. The van der Waals surface area contributed by atoms with Crippen molar-refractivity contribution < 1.29 is 0 Å². The van der Waals surface area contributed by atoms with E-state index in [1.54, 1.807) is 11.3 Å². The highest BCUT2D eigenvalue weighted by Gasteiger charge is 2.18. The van der Waals surface area contributed by atoms with Gasteiger partial charge < -0.3 is 15.5 Å². The van der Waals surface area contributed by atoms with Crippen molar-refractivity contribution in [2.75, 3.05) is 41.7 Å². The molecule has 0 aromatic carbocycles. The predicted molar refractivity (Wildman–Crippen MR) is 82.3 cm³/mol. The van der Waals surface area contributed by atoms with Gasteiger partial charge in [0.2, 0.25) is 5.95 Å². The summed E-state index contributed by atoms with van der Waals surface area (Å²) in [6.45, 7) is 5.84. The van der Waals surface area contributed by atoms with Gasteiger partial charge in [-0.2, -0.15) is 4.98 Å². The first-order valence-electron chi connectivity index (χ1n) is 6.73. The Hall–Kier alpha value is -1.89. The first-order chi connectivity index (χ1) is 9.72. The Kier molecular flexibility index (Phi) is 3.68. The molecule has 0 aliphatic carbocycles. The van der Waals surface area contributed by atoms with E-state index < -0.39 is 0 Å². The number of nitrogens with zero attached hydrogens (tertiary/aromatic N) is 5. The van der Waals surface area contributed by atoms with E-state index in [1.165, 1.54) is 0 Å². The average molecular weight is 290 g/mol. The molecule has 106 valence electrons. The number of nitrogens with two attached hydrogens (primary N) is 1. The van der Waals surface area contributed by atoms with Crippen LogP contribution in [0.2, 0.25) is 0 Å². The Morgan fingerprint density at radius 1 is 1.15 bits per heavy atom. The monoisotopic (exact) mass is 290 g/mol. The number of rotatable bonds is 2. The van der Waals surface area contributed by atoms with Crippen LogP contribution in [0.25, 0.3) is 0 Å². The first-order valence-corrected chi connectivity index (χ1v) is 7.61. The van der Waals surface area contributed by atoms with E-state index in [0.717, 1.165) is 49.2 Å². The van der Waals surface area contributed by atoms with Gasteiger partial charge in [-0.3, -0.25) is 0 Å². The fourth-order valence-electron chi connectivity index (χ4n) is 2.45. The smallest absolute Gasteiger partial charge is 0.222 e. The molecule has 1 aliphatic rings. The van der Waals surface area contributed by atoms with Crippen LogP contribution in [0.5, 0.6) is 0 Å². The molecule has 0 amide bonds. The van der Waals surface area contributed by atoms with Gasteiger partial charge in [0.15, 0.2) is 5.13 Å². The fourth-order valence-corrected chi connectivity index (χ4v) is 3.14. The third kappa shape index (κ3) is 2.82. The number of aryl methyl sites for hydroxylation is 1. The molecule has 1 saturated heterocycles. The zero-order valence-corrected chi connectivity index (χ0v) is 12.3. The van der Waals surface area contributed by atoms with Crippen molar-refractivity contribution in [1.29, 1.82) is 0 Å². The first kappa shape index (κ1) is 13.1. The van der Waals surface area contributed by atoms with Crippen LogP contribution in [-0.4, -0.2) is 41.1 Å². The van der Waals surface area contributed by atoms with Crippen molar-refractivity contribution >= 4 is 28.2 Å². The Labute approximate surface area is 122 Å². The lowest BCUT2D eigenvalue weighted by atomic mass is 10.3. The van der Waals surface area contributed by atoms with E-state index in [-0.39, 0.29) is 0 Å². The highest BCUT2D eigenvalue weighted by molar-refractivity contribution is 7.13. The van der Waals surface area contributed by atoms with E-state index >= 15 is 0 Å². The Balaban J connectivity index is 1.73. The summed E-state index contributed by atoms with van der Waals surface area (Å²) in [6.07, 6.45) is 2.94. The topological polar surface area (TPSA) is 71.2 Å². The van der Waals surface area contributed by atoms with Gasteiger partial charge in [0.1, 0.15) is 5.82 Å². The SMILES string of the molecule is Cc1cc(N2CCCN(c3nccs3)CC2)nc(N)n1. The average Bonchev–Trinajstić information content (AvgIpc) is 2.82. The maximum atomic E-state index is 5.74. The summed E-state index contributed by atoms with van der Waals surface area (Å²) in [7, 11) is 0. The van der Waals surface area contributed by atoms with Crippen LogP contribution in [0.1, 0.15) is 12.1 Å². The van der Waals surface area contributed by atoms with Gasteiger partial charge in [0, 0.05) is 49.5 Å². The van der Waals surface area contributed by atoms with E-state index in [0.29, 0.717) is 5.95 Å². The summed E-state index contributed by atoms with van der Waals surface area (Å²) in [5.74, 6) is 1.28. The van der Waals surface area contributed by atoms with E-state index in [2.05, 4.69) is 24.8 Å². The molecule has 0 bridgehead atoms. The van der Waals surface area contributed by atoms with Crippen molar-refractivity contribution in [2.45, 2.75) is 13.3 Å². The number of aromatic nitrogens is 3. The maximum Gasteiger partial charge on any atom is 0.222 e. The Morgan fingerprint density at radius 2 is 1.95 bits per heavy atom. The predicted octanol–water partition coefficient (Wildman–Crippen LogP) is 1.54. The van der Waals surface area contributed by atoms with Crippen LogP contribution < -0.4 is 15.5 Å². The third-order valence-corrected chi connectivity index (χ3v) is 4.20. The lowest BCUT2D eigenvalue weighted by molar-refractivity contribution is 0.795. The minimum atomic E-state index is 0.348. The zero-order chi connectivity index (χ0) is 13.9. The van der Waals surface area contributed by atoms with Crippen molar-refractivity contribution in [3.63, 3.8) is 0 Å². The van der Waals surface area contributed by atoms with Crippen LogP contribution in [-0.2, 0) is 0 Å². The summed E-state index contributed by atoms with van der Waals surface area (Å²) in [4.78, 5) is 17.5. The molecule has 0 unspecified atom stereocenters. The Morgan fingerprint density at radius 3 is 2.70 bits per heavy atom. The summed E-state index contributed by atoms with van der Waals surface area (Å²) in [5, 5.41) is 3.12. The van der Waals surface area contributed by atoms with Crippen molar-refractivity contribution in [2.24, 2.45) is 0 Å². The van der Waals surface area contributed by atoms with Crippen molar-refractivity contribution in [3.8, 4) is 0 Å². The number of hydrogen-bond acceptors (Lipinski definition) is 7. The van der Waals surface area contributed by atoms with Gasteiger partial charge in [0.25, 0.3) is 0 Å². The summed E-state index contributed by atoms with van der Waals surface area (Å²) >= 11 is 1.69. The van der Waals surface area contributed by atoms with E-state index in [9.17, 15) is 0 Å². The number of anilines is 3. The quantitative estimate of drug-likeness (QED) is 0.904. The molecule has 20 heavy (non-hydrogen) atoms. The lowest BCUT2D eigenvalue weighted by Gasteiger charge is -2.22. The second-order valence-corrected chi connectivity index (χ2v) is 5.74. The highest BCUT2D eigenvalue weighted by atomic mass is 32.1.